The van der Waals surface area contributed by atoms with E-state index in [0.29, 0.717) is 12.2 Å². The number of benzene rings is 1. The molecule has 0 saturated carbocycles. The zero-order valence-corrected chi connectivity index (χ0v) is 16.1. The zero-order chi connectivity index (χ0) is 19.4. The number of thiazole rings is 1. The normalized spacial score (nSPS) is 18.4. The predicted molar refractivity (Wildman–Crippen MR) is 110 cm³/mol. The first-order valence-electron chi connectivity index (χ1n) is 9.30. The molecular weight excluding hydrogens is 384 g/mol. The SMILES string of the molecule is O[C@@]1(c2cccc(-c3csc(-c4c[nH]c5ncncc45)n3)c2)CCn2ccnc21. The monoisotopic (exact) mass is 400 g/mol. The number of aryl methyl sites for hydroxylation is 1. The molecule has 6 rings (SSSR count). The van der Waals surface area contributed by atoms with Crippen molar-refractivity contribution in [1.29, 1.82) is 0 Å². The largest absolute Gasteiger partial charge is 0.377 e. The van der Waals surface area contributed by atoms with Gasteiger partial charge in [-0.05, 0) is 11.6 Å². The quantitative estimate of drug-likeness (QED) is 0.483. The Morgan fingerprint density at radius 1 is 1.24 bits per heavy atom. The number of aliphatic hydroxyl groups is 1. The smallest absolute Gasteiger partial charge is 0.149 e. The van der Waals surface area contributed by atoms with Crippen molar-refractivity contribution < 1.29 is 5.11 Å². The van der Waals surface area contributed by atoms with E-state index in [4.69, 9.17) is 4.98 Å². The summed E-state index contributed by atoms with van der Waals surface area (Å²) in [5.41, 5.74) is 3.42. The van der Waals surface area contributed by atoms with E-state index in [9.17, 15) is 5.11 Å². The van der Waals surface area contributed by atoms with Crippen LogP contribution >= 0.6 is 11.3 Å². The Hall–Kier alpha value is -3.36. The van der Waals surface area contributed by atoms with Gasteiger partial charge in [0.25, 0.3) is 0 Å². The molecular formula is C21H16N6OS. The minimum atomic E-state index is -1.06. The predicted octanol–water partition coefficient (Wildman–Crippen LogP) is 3.58. The zero-order valence-electron chi connectivity index (χ0n) is 15.3. The van der Waals surface area contributed by atoms with E-state index in [1.807, 2.05) is 46.6 Å². The lowest BCUT2D eigenvalue weighted by atomic mass is 9.90. The number of aromatic nitrogens is 6. The highest BCUT2D eigenvalue weighted by atomic mass is 32.1. The van der Waals surface area contributed by atoms with Crippen LogP contribution < -0.4 is 0 Å². The van der Waals surface area contributed by atoms with Gasteiger partial charge in [-0.1, -0.05) is 18.2 Å². The molecule has 4 aromatic heterocycles. The van der Waals surface area contributed by atoms with Gasteiger partial charge in [0.2, 0.25) is 0 Å². The van der Waals surface area contributed by atoms with Crippen molar-refractivity contribution in [3.05, 3.63) is 72.1 Å². The molecule has 2 N–H and O–H groups in total. The van der Waals surface area contributed by atoms with Gasteiger partial charge in [0.05, 0.1) is 5.69 Å². The highest BCUT2D eigenvalue weighted by Crippen LogP contribution is 2.39. The molecule has 29 heavy (non-hydrogen) atoms. The molecule has 5 aromatic rings. The third kappa shape index (κ3) is 2.46. The van der Waals surface area contributed by atoms with Crippen molar-refractivity contribution in [3.63, 3.8) is 0 Å². The first-order valence-corrected chi connectivity index (χ1v) is 10.2. The molecule has 0 amide bonds. The summed E-state index contributed by atoms with van der Waals surface area (Å²) in [6, 6.07) is 7.96. The van der Waals surface area contributed by atoms with Crippen LogP contribution in [-0.2, 0) is 12.1 Å². The lowest BCUT2D eigenvalue weighted by Gasteiger charge is -2.22. The van der Waals surface area contributed by atoms with Gasteiger partial charge < -0.3 is 14.7 Å². The fourth-order valence-electron chi connectivity index (χ4n) is 4.02. The van der Waals surface area contributed by atoms with Gasteiger partial charge >= 0.3 is 0 Å². The average molecular weight is 400 g/mol. The van der Waals surface area contributed by atoms with E-state index in [1.54, 1.807) is 23.7 Å². The summed E-state index contributed by atoms with van der Waals surface area (Å²) in [6.45, 7) is 0.763. The highest BCUT2D eigenvalue weighted by molar-refractivity contribution is 7.13. The number of fused-ring (bicyclic) bond motifs is 2. The second kappa shape index (κ2) is 6.07. The second-order valence-corrected chi connectivity index (χ2v) is 8.02. The van der Waals surface area contributed by atoms with Gasteiger partial charge in [-0.25, -0.2) is 19.9 Å². The third-order valence-corrected chi connectivity index (χ3v) is 6.40. The number of imidazole rings is 1. The molecule has 0 aliphatic carbocycles. The molecule has 0 unspecified atom stereocenters. The van der Waals surface area contributed by atoms with Gasteiger partial charge in [0.1, 0.15) is 28.4 Å². The standard InChI is InChI=1S/C21H16N6OS/c28-21(4-6-27-7-5-23-20(21)27)14-3-1-2-13(8-14)17-11-29-19(26-17)16-10-24-18-15(16)9-22-12-25-18/h1-3,5,7-12,28H,4,6H2,(H,22,24,25)/t21-/m1/s1. The maximum Gasteiger partial charge on any atom is 0.149 e. The molecule has 1 atom stereocenters. The van der Waals surface area contributed by atoms with E-state index in [0.717, 1.165) is 45.0 Å². The number of rotatable bonds is 3. The summed E-state index contributed by atoms with van der Waals surface area (Å²) in [7, 11) is 0. The molecule has 1 aliphatic heterocycles. The summed E-state index contributed by atoms with van der Waals surface area (Å²) in [5.74, 6) is 0.701. The lowest BCUT2D eigenvalue weighted by Crippen LogP contribution is -2.25. The van der Waals surface area contributed by atoms with E-state index < -0.39 is 5.60 Å². The first-order chi connectivity index (χ1) is 14.2. The average Bonchev–Trinajstić information content (AvgIpc) is 3.53. The lowest BCUT2D eigenvalue weighted by molar-refractivity contribution is 0.0786. The van der Waals surface area contributed by atoms with Gasteiger partial charge in [0.15, 0.2) is 0 Å². The number of H-pyrrole nitrogens is 1. The molecule has 0 radical (unpaired) electrons. The Balaban J connectivity index is 1.40. The van der Waals surface area contributed by atoms with Crippen molar-refractivity contribution in [2.75, 3.05) is 0 Å². The summed E-state index contributed by atoms with van der Waals surface area (Å²) in [6.07, 6.45) is 9.51. The topological polar surface area (TPSA) is 92.5 Å². The summed E-state index contributed by atoms with van der Waals surface area (Å²) >= 11 is 1.58. The van der Waals surface area contributed by atoms with Crippen LogP contribution in [0.15, 0.2) is 60.8 Å². The Kier molecular flexibility index (Phi) is 3.47. The molecule has 5 heterocycles. The van der Waals surface area contributed by atoms with Crippen molar-refractivity contribution >= 4 is 22.4 Å². The van der Waals surface area contributed by atoms with Crippen LogP contribution in [0.25, 0.3) is 32.9 Å². The third-order valence-electron chi connectivity index (χ3n) is 5.53. The van der Waals surface area contributed by atoms with Crippen LogP contribution in [-0.4, -0.2) is 34.6 Å². The molecule has 0 spiro atoms. The molecule has 1 aliphatic rings. The van der Waals surface area contributed by atoms with Crippen molar-refractivity contribution in [3.8, 4) is 21.8 Å². The minimum Gasteiger partial charge on any atom is -0.377 e. The van der Waals surface area contributed by atoms with Crippen molar-refractivity contribution in [2.45, 2.75) is 18.6 Å². The second-order valence-electron chi connectivity index (χ2n) is 7.16. The van der Waals surface area contributed by atoms with E-state index in [1.165, 1.54) is 6.33 Å². The Bertz CT molecular complexity index is 1350. The van der Waals surface area contributed by atoms with E-state index >= 15 is 0 Å². The fraction of sp³-hybridized carbons (Fsp3) is 0.143. The number of hydrogen-bond donors (Lipinski definition) is 2. The Morgan fingerprint density at radius 3 is 3.17 bits per heavy atom. The van der Waals surface area contributed by atoms with Crippen LogP contribution in [0.5, 0.6) is 0 Å². The Labute approximate surface area is 169 Å². The van der Waals surface area contributed by atoms with Crippen LogP contribution in [0.4, 0.5) is 0 Å². The highest BCUT2D eigenvalue weighted by Gasteiger charge is 2.40. The van der Waals surface area contributed by atoms with E-state index in [-0.39, 0.29) is 0 Å². The van der Waals surface area contributed by atoms with Crippen LogP contribution in [0, 0.1) is 0 Å². The van der Waals surface area contributed by atoms with Gasteiger partial charge in [-0.3, -0.25) is 0 Å². The number of nitrogens with zero attached hydrogens (tertiary/aromatic N) is 5. The van der Waals surface area contributed by atoms with Gasteiger partial charge in [-0.15, -0.1) is 11.3 Å². The molecule has 7 nitrogen and oxygen atoms in total. The summed E-state index contributed by atoms with van der Waals surface area (Å²) in [4.78, 5) is 20.8. The van der Waals surface area contributed by atoms with Crippen LogP contribution in [0.2, 0.25) is 0 Å². The minimum absolute atomic E-state index is 0.622. The van der Waals surface area contributed by atoms with E-state index in [2.05, 4.69) is 19.9 Å². The molecule has 0 bridgehead atoms. The maximum absolute atomic E-state index is 11.3. The molecule has 142 valence electrons. The molecule has 0 fully saturated rings. The van der Waals surface area contributed by atoms with Gasteiger partial charge in [0, 0.05) is 59.6 Å². The molecule has 0 saturated heterocycles. The van der Waals surface area contributed by atoms with Gasteiger partial charge in [-0.2, -0.15) is 0 Å². The number of aromatic amines is 1. The number of hydrogen-bond acceptors (Lipinski definition) is 6. The molecule has 1 aromatic carbocycles. The first kappa shape index (κ1) is 16.6. The number of nitrogens with one attached hydrogen (secondary N) is 1. The van der Waals surface area contributed by atoms with Crippen LogP contribution in [0.1, 0.15) is 17.8 Å². The maximum atomic E-state index is 11.3. The van der Waals surface area contributed by atoms with Crippen molar-refractivity contribution in [2.24, 2.45) is 0 Å². The Morgan fingerprint density at radius 2 is 2.21 bits per heavy atom. The van der Waals surface area contributed by atoms with Crippen molar-refractivity contribution in [1.82, 2.24) is 29.5 Å². The molecule has 8 heteroatoms. The summed E-state index contributed by atoms with van der Waals surface area (Å²) in [5, 5.41) is 15.2. The summed E-state index contributed by atoms with van der Waals surface area (Å²) < 4.78 is 2.01. The fourth-order valence-corrected chi connectivity index (χ4v) is 4.88. The van der Waals surface area contributed by atoms with Crippen LogP contribution in [0.3, 0.4) is 0 Å².